The maximum atomic E-state index is 13.0. The highest BCUT2D eigenvalue weighted by Crippen LogP contribution is 2.32. The number of azo groups is 2. The Morgan fingerprint density at radius 2 is 1.17 bits per heavy atom. The fraction of sp³-hybridized carbons (Fsp3) is 0.250. The van der Waals surface area contributed by atoms with Gasteiger partial charge in [0, 0.05) is 18.8 Å². The summed E-state index contributed by atoms with van der Waals surface area (Å²) in [5.41, 5.74) is 6.18. The van der Waals surface area contributed by atoms with Crippen LogP contribution in [0.15, 0.2) is 81.1 Å². The van der Waals surface area contributed by atoms with Crippen molar-refractivity contribution in [1.29, 1.82) is 0 Å². The molecule has 0 atom stereocenters. The van der Waals surface area contributed by atoms with Crippen molar-refractivity contribution in [2.75, 3.05) is 18.0 Å². The van der Waals surface area contributed by atoms with Crippen LogP contribution in [0.3, 0.4) is 0 Å². The predicted molar refractivity (Wildman–Crippen MR) is 119 cm³/mol. The van der Waals surface area contributed by atoms with E-state index in [1.165, 1.54) is 30.7 Å². The fourth-order valence-electron chi connectivity index (χ4n) is 3.58. The first-order chi connectivity index (χ1) is 14.6. The first-order valence-electron chi connectivity index (χ1n) is 10.1. The van der Waals surface area contributed by atoms with Gasteiger partial charge in [-0.3, -0.25) is 0 Å². The third-order valence-electron chi connectivity index (χ3n) is 5.17. The summed E-state index contributed by atoms with van der Waals surface area (Å²) in [5.74, 6) is -0.291. The van der Waals surface area contributed by atoms with E-state index in [2.05, 4.69) is 37.5 Å². The number of benzene rings is 3. The van der Waals surface area contributed by atoms with E-state index in [-0.39, 0.29) is 5.82 Å². The average molecular weight is 401 g/mol. The zero-order valence-electron chi connectivity index (χ0n) is 17.2. The maximum Gasteiger partial charge on any atom is 0.123 e. The second kappa shape index (κ2) is 8.95. The van der Waals surface area contributed by atoms with Gasteiger partial charge in [0.05, 0.1) is 22.7 Å². The molecule has 1 aliphatic heterocycles. The van der Waals surface area contributed by atoms with E-state index in [0.717, 1.165) is 41.3 Å². The highest BCUT2D eigenvalue weighted by Gasteiger charge is 2.11. The summed E-state index contributed by atoms with van der Waals surface area (Å²) in [4.78, 5) is 2.40. The van der Waals surface area contributed by atoms with Crippen molar-refractivity contribution in [2.45, 2.75) is 26.7 Å². The van der Waals surface area contributed by atoms with Gasteiger partial charge in [-0.1, -0.05) is 0 Å². The zero-order chi connectivity index (χ0) is 20.9. The SMILES string of the molecule is Cc1cc(N=Nc2ccc(F)cc2)cc(C)c1N=Nc1ccc(N2CCCC2)cc1. The Kier molecular flexibility index (Phi) is 5.93. The van der Waals surface area contributed by atoms with Crippen LogP contribution < -0.4 is 4.90 Å². The Morgan fingerprint density at radius 3 is 1.77 bits per heavy atom. The van der Waals surface area contributed by atoms with Crippen LogP contribution in [-0.2, 0) is 0 Å². The molecule has 3 aromatic rings. The van der Waals surface area contributed by atoms with Crippen LogP contribution in [-0.4, -0.2) is 13.1 Å². The van der Waals surface area contributed by atoms with E-state index in [9.17, 15) is 4.39 Å². The predicted octanol–water partition coefficient (Wildman–Crippen LogP) is 7.87. The van der Waals surface area contributed by atoms with Gasteiger partial charge >= 0.3 is 0 Å². The number of hydrogen-bond acceptors (Lipinski definition) is 5. The van der Waals surface area contributed by atoms with Crippen molar-refractivity contribution in [3.8, 4) is 0 Å². The van der Waals surface area contributed by atoms with E-state index in [4.69, 9.17) is 0 Å². The Bertz CT molecular complexity index is 1040. The molecule has 0 aromatic heterocycles. The van der Waals surface area contributed by atoms with Crippen LogP contribution in [0.5, 0.6) is 0 Å². The molecular weight excluding hydrogens is 377 g/mol. The summed E-state index contributed by atoms with van der Waals surface area (Å²) in [5, 5.41) is 17.3. The lowest BCUT2D eigenvalue weighted by atomic mass is 10.1. The molecule has 0 radical (unpaired) electrons. The normalized spacial score (nSPS) is 14.3. The van der Waals surface area contributed by atoms with Crippen LogP contribution in [0, 0.1) is 19.7 Å². The lowest BCUT2D eigenvalue weighted by Crippen LogP contribution is -2.17. The Morgan fingerprint density at radius 1 is 0.667 bits per heavy atom. The molecule has 4 rings (SSSR count). The van der Waals surface area contributed by atoms with E-state index in [0.29, 0.717) is 5.69 Å². The minimum Gasteiger partial charge on any atom is -0.372 e. The van der Waals surface area contributed by atoms with E-state index < -0.39 is 0 Å². The molecule has 30 heavy (non-hydrogen) atoms. The van der Waals surface area contributed by atoms with Crippen molar-refractivity contribution in [1.82, 2.24) is 0 Å². The van der Waals surface area contributed by atoms with Gasteiger partial charge in [0.25, 0.3) is 0 Å². The van der Waals surface area contributed by atoms with Crippen molar-refractivity contribution in [3.63, 3.8) is 0 Å². The van der Waals surface area contributed by atoms with Gasteiger partial charge < -0.3 is 4.90 Å². The largest absolute Gasteiger partial charge is 0.372 e. The zero-order valence-corrected chi connectivity index (χ0v) is 17.2. The van der Waals surface area contributed by atoms with Gasteiger partial charge in [0.2, 0.25) is 0 Å². The highest BCUT2D eigenvalue weighted by atomic mass is 19.1. The molecule has 1 fully saturated rings. The third-order valence-corrected chi connectivity index (χ3v) is 5.17. The molecular formula is C24H24FN5. The molecule has 152 valence electrons. The molecule has 0 spiro atoms. The number of anilines is 1. The van der Waals surface area contributed by atoms with E-state index in [1.54, 1.807) is 12.1 Å². The van der Waals surface area contributed by atoms with Crippen LogP contribution in [0.2, 0.25) is 0 Å². The van der Waals surface area contributed by atoms with E-state index >= 15 is 0 Å². The fourth-order valence-corrected chi connectivity index (χ4v) is 3.58. The summed E-state index contributed by atoms with van der Waals surface area (Å²) in [7, 11) is 0. The summed E-state index contributed by atoms with van der Waals surface area (Å²) in [6.45, 7) is 6.22. The molecule has 5 nitrogen and oxygen atoms in total. The number of halogens is 1. The van der Waals surface area contributed by atoms with E-state index in [1.807, 2.05) is 38.1 Å². The van der Waals surface area contributed by atoms with Gasteiger partial charge in [0.15, 0.2) is 0 Å². The van der Waals surface area contributed by atoms with Gasteiger partial charge in [-0.2, -0.15) is 20.5 Å². The Hall–Kier alpha value is -3.41. The number of nitrogens with zero attached hydrogens (tertiary/aromatic N) is 5. The molecule has 0 saturated carbocycles. The molecule has 0 N–H and O–H groups in total. The number of rotatable bonds is 5. The second-order valence-corrected chi connectivity index (χ2v) is 7.52. The quantitative estimate of drug-likeness (QED) is 0.401. The molecule has 1 aliphatic rings. The third kappa shape index (κ3) is 4.76. The molecule has 0 bridgehead atoms. The second-order valence-electron chi connectivity index (χ2n) is 7.52. The average Bonchev–Trinajstić information content (AvgIpc) is 3.28. The lowest BCUT2D eigenvalue weighted by molar-refractivity contribution is 0.628. The Balaban J connectivity index is 1.48. The topological polar surface area (TPSA) is 52.7 Å². The van der Waals surface area contributed by atoms with Crippen molar-refractivity contribution >= 4 is 28.4 Å². The minimum atomic E-state index is -0.291. The summed E-state index contributed by atoms with van der Waals surface area (Å²) < 4.78 is 13.0. The van der Waals surface area contributed by atoms with Crippen LogP contribution in [0.4, 0.5) is 32.8 Å². The standard InChI is InChI=1S/C24H24FN5/c1-17-15-22(28-26-20-7-5-19(25)6-8-20)16-18(2)24(17)29-27-21-9-11-23(12-10-21)30-13-3-4-14-30/h5-12,15-16H,3-4,13-14H2,1-2H3. The van der Waals surface area contributed by atoms with Crippen LogP contribution in [0.25, 0.3) is 0 Å². The van der Waals surface area contributed by atoms with Crippen LogP contribution in [0.1, 0.15) is 24.0 Å². The first kappa shape index (κ1) is 19.9. The van der Waals surface area contributed by atoms with Gasteiger partial charge in [-0.25, -0.2) is 4.39 Å². The van der Waals surface area contributed by atoms with Gasteiger partial charge in [0.1, 0.15) is 5.82 Å². The van der Waals surface area contributed by atoms with Crippen molar-refractivity contribution in [2.24, 2.45) is 20.5 Å². The number of aryl methyl sites for hydroxylation is 2. The molecule has 0 amide bonds. The molecule has 0 unspecified atom stereocenters. The number of hydrogen-bond donors (Lipinski definition) is 0. The molecule has 6 heteroatoms. The van der Waals surface area contributed by atoms with Gasteiger partial charge in [-0.05, 0) is 98.5 Å². The maximum absolute atomic E-state index is 13.0. The first-order valence-corrected chi connectivity index (χ1v) is 10.1. The van der Waals surface area contributed by atoms with Crippen LogP contribution >= 0.6 is 0 Å². The van der Waals surface area contributed by atoms with Gasteiger partial charge in [-0.15, -0.1) is 0 Å². The molecule has 1 saturated heterocycles. The molecule has 0 aliphatic carbocycles. The van der Waals surface area contributed by atoms with Crippen molar-refractivity contribution in [3.05, 3.63) is 77.6 Å². The monoisotopic (exact) mass is 401 g/mol. The minimum absolute atomic E-state index is 0.291. The Labute approximate surface area is 176 Å². The summed E-state index contributed by atoms with van der Waals surface area (Å²) in [6.07, 6.45) is 2.53. The van der Waals surface area contributed by atoms with Crippen molar-refractivity contribution < 1.29 is 4.39 Å². The highest BCUT2D eigenvalue weighted by molar-refractivity contribution is 5.60. The molecule has 1 heterocycles. The summed E-state index contributed by atoms with van der Waals surface area (Å²) in [6, 6.07) is 18.0. The molecule has 3 aromatic carbocycles. The smallest absolute Gasteiger partial charge is 0.123 e. The lowest BCUT2D eigenvalue weighted by Gasteiger charge is -2.17. The summed E-state index contributed by atoms with van der Waals surface area (Å²) >= 11 is 0.